The van der Waals surface area contributed by atoms with E-state index in [9.17, 15) is 4.79 Å². The van der Waals surface area contributed by atoms with Crippen LogP contribution < -0.4 is 11.1 Å². The fourth-order valence-corrected chi connectivity index (χ4v) is 1.52. The Morgan fingerprint density at radius 1 is 1.38 bits per heavy atom. The fraction of sp³-hybridized carbons (Fsp3) is 0.889. The molecule has 0 aromatic carbocycles. The number of nitrogens with one attached hydrogen (secondary N) is 1. The van der Waals surface area contributed by atoms with Gasteiger partial charge in [0.05, 0.1) is 0 Å². The third kappa shape index (κ3) is 4.24. The molecule has 76 valence electrons. The quantitative estimate of drug-likeness (QED) is 0.583. The van der Waals surface area contributed by atoms with Gasteiger partial charge in [-0.1, -0.05) is 0 Å². The highest BCUT2D eigenvalue weighted by molar-refractivity contribution is 5.76. The Kier molecular flexibility index (Phi) is 4.78. The molecule has 13 heavy (non-hydrogen) atoms. The number of nitrogens with two attached hydrogens (primary N) is 1. The van der Waals surface area contributed by atoms with E-state index >= 15 is 0 Å². The van der Waals surface area contributed by atoms with Gasteiger partial charge in [0.1, 0.15) is 0 Å². The topological polar surface area (TPSA) is 58.4 Å². The van der Waals surface area contributed by atoms with Gasteiger partial charge in [0, 0.05) is 26.1 Å². The van der Waals surface area contributed by atoms with Crippen LogP contribution in [0.25, 0.3) is 0 Å². The van der Waals surface area contributed by atoms with Crippen LogP contribution in [-0.4, -0.2) is 43.5 Å². The lowest BCUT2D eigenvalue weighted by Crippen LogP contribution is -2.29. The van der Waals surface area contributed by atoms with Crippen molar-refractivity contribution in [1.82, 2.24) is 10.2 Å². The molecule has 0 unspecified atom stereocenters. The molecule has 0 radical (unpaired) electrons. The molecule has 4 heteroatoms. The first-order valence-electron chi connectivity index (χ1n) is 5.02. The molecule has 0 bridgehead atoms. The number of rotatable bonds is 4. The first-order valence-corrected chi connectivity index (χ1v) is 5.02. The van der Waals surface area contributed by atoms with Gasteiger partial charge in [0.25, 0.3) is 0 Å². The molecule has 3 N–H and O–H groups in total. The second kappa shape index (κ2) is 5.94. The number of unbranched alkanes of at least 4 members (excludes halogenated alkanes) is 1. The normalized spacial score (nSPS) is 19.6. The van der Waals surface area contributed by atoms with Crippen LogP contribution >= 0.6 is 0 Å². The van der Waals surface area contributed by atoms with Crippen molar-refractivity contribution in [3.8, 4) is 0 Å². The maximum Gasteiger partial charge on any atom is 0.221 e. The zero-order valence-corrected chi connectivity index (χ0v) is 8.09. The summed E-state index contributed by atoms with van der Waals surface area (Å²) >= 11 is 0. The first kappa shape index (κ1) is 10.5. The minimum Gasteiger partial charge on any atom is -0.355 e. The van der Waals surface area contributed by atoms with E-state index in [0.29, 0.717) is 6.42 Å². The molecular formula is C9H19N3O. The van der Waals surface area contributed by atoms with E-state index in [0.717, 1.165) is 45.6 Å². The molecular weight excluding hydrogens is 166 g/mol. The molecule has 1 aliphatic heterocycles. The van der Waals surface area contributed by atoms with Crippen molar-refractivity contribution in [2.24, 2.45) is 5.73 Å². The number of hydrogen-bond acceptors (Lipinski definition) is 3. The number of carbonyl (C=O) groups is 1. The Bertz CT molecular complexity index is 161. The summed E-state index contributed by atoms with van der Waals surface area (Å²) in [6, 6.07) is 0. The highest BCUT2D eigenvalue weighted by Gasteiger charge is 2.11. The molecule has 1 rings (SSSR count). The van der Waals surface area contributed by atoms with Crippen molar-refractivity contribution < 1.29 is 4.79 Å². The summed E-state index contributed by atoms with van der Waals surface area (Å²) in [4.78, 5) is 13.3. The monoisotopic (exact) mass is 185 g/mol. The van der Waals surface area contributed by atoms with Crippen molar-refractivity contribution in [2.75, 3.05) is 32.7 Å². The molecule has 0 aliphatic carbocycles. The van der Waals surface area contributed by atoms with Crippen LogP contribution in [0.15, 0.2) is 0 Å². The zero-order chi connectivity index (χ0) is 9.52. The number of hydrogen-bond donors (Lipinski definition) is 2. The van der Waals surface area contributed by atoms with E-state index < -0.39 is 0 Å². The SMILES string of the molecule is NCCCCN1CCNC(=O)CC1. The van der Waals surface area contributed by atoms with E-state index in [1.54, 1.807) is 0 Å². The summed E-state index contributed by atoms with van der Waals surface area (Å²) < 4.78 is 0. The Hall–Kier alpha value is -0.610. The first-order chi connectivity index (χ1) is 6.33. The molecule has 0 aromatic heterocycles. The summed E-state index contributed by atoms with van der Waals surface area (Å²) in [6.07, 6.45) is 2.87. The fourth-order valence-electron chi connectivity index (χ4n) is 1.52. The number of carbonyl (C=O) groups excluding carboxylic acids is 1. The van der Waals surface area contributed by atoms with E-state index in [2.05, 4.69) is 10.2 Å². The lowest BCUT2D eigenvalue weighted by atomic mass is 10.3. The second-order valence-electron chi connectivity index (χ2n) is 3.44. The van der Waals surface area contributed by atoms with E-state index in [1.165, 1.54) is 0 Å². The maximum absolute atomic E-state index is 11.0. The van der Waals surface area contributed by atoms with Gasteiger partial charge in [-0.15, -0.1) is 0 Å². The van der Waals surface area contributed by atoms with Gasteiger partial charge >= 0.3 is 0 Å². The molecule has 4 nitrogen and oxygen atoms in total. The average molecular weight is 185 g/mol. The van der Waals surface area contributed by atoms with Crippen molar-refractivity contribution >= 4 is 5.91 Å². The summed E-state index contributed by atoms with van der Waals surface area (Å²) in [5.41, 5.74) is 5.41. The largest absolute Gasteiger partial charge is 0.355 e. The third-order valence-electron chi connectivity index (χ3n) is 2.33. The lowest BCUT2D eigenvalue weighted by Gasteiger charge is -2.18. The second-order valence-corrected chi connectivity index (χ2v) is 3.44. The van der Waals surface area contributed by atoms with Crippen LogP contribution in [-0.2, 0) is 4.79 Å². The van der Waals surface area contributed by atoms with Crippen LogP contribution in [0.4, 0.5) is 0 Å². The van der Waals surface area contributed by atoms with Crippen LogP contribution in [0.2, 0.25) is 0 Å². The Labute approximate surface area is 79.5 Å². The summed E-state index contributed by atoms with van der Waals surface area (Å²) in [5, 5.41) is 2.86. The Balaban J connectivity index is 2.14. The minimum absolute atomic E-state index is 0.182. The van der Waals surface area contributed by atoms with Gasteiger partial charge in [-0.25, -0.2) is 0 Å². The van der Waals surface area contributed by atoms with Gasteiger partial charge < -0.3 is 16.0 Å². The van der Waals surface area contributed by atoms with E-state index in [4.69, 9.17) is 5.73 Å². The predicted molar refractivity (Wildman–Crippen MR) is 52.4 cm³/mol. The van der Waals surface area contributed by atoms with Crippen molar-refractivity contribution in [3.05, 3.63) is 0 Å². The summed E-state index contributed by atoms with van der Waals surface area (Å²) in [5.74, 6) is 0.182. The molecule has 1 amide bonds. The Morgan fingerprint density at radius 3 is 3.00 bits per heavy atom. The molecule has 0 atom stereocenters. The van der Waals surface area contributed by atoms with E-state index in [-0.39, 0.29) is 5.91 Å². The molecule has 1 saturated heterocycles. The Morgan fingerprint density at radius 2 is 2.23 bits per heavy atom. The van der Waals surface area contributed by atoms with Crippen LogP contribution in [0.5, 0.6) is 0 Å². The highest BCUT2D eigenvalue weighted by atomic mass is 16.1. The van der Waals surface area contributed by atoms with Gasteiger partial charge in [-0.2, -0.15) is 0 Å². The van der Waals surface area contributed by atoms with Crippen molar-refractivity contribution in [3.63, 3.8) is 0 Å². The predicted octanol–water partition coefficient (Wildman–Crippen LogP) is -0.453. The van der Waals surface area contributed by atoms with Crippen molar-refractivity contribution in [1.29, 1.82) is 0 Å². The van der Waals surface area contributed by atoms with Gasteiger partial charge in [0.2, 0.25) is 5.91 Å². The smallest absolute Gasteiger partial charge is 0.221 e. The molecule has 1 aliphatic rings. The summed E-state index contributed by atoms with van der Waals surface area (Å²) in [7, 11) is 0. The summed E-state index contributed by atoms with van der Waals surface area (Å²) in [6.45, 7) is 4.52. The maximum atomic E-state index is 11.0. The molecule has 1 heterocycles. The number of nitrogens with zero attached hydrogens (tertiary/aromatic N) is 1. The standard InChI is InChI=1S/C9H19N3O/c10-4-1-2-6-12-7-3-9(13)11-5-8-12/h1-8,10H2,(H,11,13). The molecule has 0 aromatic rings. The van der Waals surface area contributed by atoms with Crippen molar-refractivity contribution in [2.45, 2.75) is 19.3 Å². The number of amides is 1. The van der Waals surface area contributed by atoms with Gasteiger partial charge in [-0.3, -0.25) is 4.79 Å². The molecule has 0 saturated carbocycles. The minimum atomic E-state index is 0.182. The molecule has 1 fully saturated rings. The van der Waals surface area contributed by atoms with Crippen LogP contribution in [0.1, 0.15) is 19.3 Å². The molecule has 0 spiro atoms. The zero-order valence-electron chi connectivity index (χ0n) is 8.09. The van der Waals surface area contributed by atoms with Crippen LogP contribution in [0, 0.1) is 0 Å². The highest BCUT2D eigenvalue weighted by Crippen LogP contribution is 1.98. The third-order valence-corrected chi connectivity index (χ3v) is 2.33. The average Bonchev–Trinajstić information content (AvgIpc) is 2.32. The van der Waals surface area contributed by atoms with Gasteiger partial charge in [-0.05, 0) is 25.9 Å². The van der Waals surface area contributed by atoms with Crippen LogP contribution in [0.3, 0.4) is 0 Å². The lowest BCUT2D eigenvalue weighted by molar-refractivity contribution is -0.120. The van der Waals surface area contributed by atoms with E-state index in [1.807, 2.05) is 0 Å². The van der Waals surface area contributed by atoms with Gasteiger partial charge in [0.15, 0.2) is 0 Å².